The van der Waals surface area contributed by atoms with E-state index in [2.05, 4.69) is 16.3 Å². The predicted molar refractivity (Wildman–Crippen MR) is 130 cm³/mol. The first-order valence-corrected chi connectivity index (χ1v) is 14.0. The summed E-state index contributed by atoms with van der Waals surface area (Å²) in [5, 5.41) is 18.5. The van der Waals surface area contributed by atoms with Gasteiger partial charge in [0.25, 0.3) is 0 Å². The minimum Gasteiger partial charge on any atom is -0.316 e. The molecule has 1 aromatic carbocycles. The maximum Gasteiger partial charge on any atom is 0.229 e. The van der Waals surface area contributed by atoms with Gasteiger partial charge >= 0.3 is 0 Å². The van der Waals surface area contributed by atoms with Crippen LogP contribution in [-0.2, 0) is 40.0 Å². The van der Waals surface area contributed by atoms with Crippen LogP contribution in [0.4, 0.5) is 5.00 Å². The van der Waals surface area contributed by atoms with Crippen molar-refractivity contribution < 1.29 is 13.2 Å². The lowest BCUT2D eigenvalue weighted by atomic mass is 9.88. The highest BCUT2D eigenvalue weighted by atomic mass is 32.2. The number of primary sulfonamides is 1. The Bertz CT molecular complexity index is 1140. The van der Waals surface area contributed by atoms with Crippen molar-refractivity contribution in [3.63, 3.8) is 0 Å². The highest BCUT2D eigenvalue weighted by Gasteiger charge is 2.27. The van der Waals surface area contributed by atoms with Crippen LogP contribution in [-0.4, -0.2) is 32.3 Å². The van der Waals surface area contributed by atoms with Crippen LogP contribution in [0.5, 0.6) is 0 Å². The molecule has 0 bridgehead atoms. The number of carbonyl (C=O) groups excluding carboxylic acids is 1. The van der Waals surface area contributed by atoms with Crippen LogP contribution in [0.2, 0.25) is 0 Å². The van der Waals surface area contributed by atoms with Gasteiger partial charge in [-0.2, -0.15) is 5.26 Å². The van der Waals surface area contributed by atoms with Gasteiger partial charge in [0.2, 0.25) is 15.9 Å². The second-order valence-electron chi connectivity index (χ2n) is 9.16. The summed E-state index contributed by atoms with van der Waals surface area (Å²) < 4.78 is 22.4. The molecule has 1 aliphatic heterocycles. The molecule has 0 spiro atoms. The third kappa shape index (κ3) is 6.42. The number of nitriles is 1. The summed E-state index contributed by atoms with van der Waals surface area (Å²) in [7, 11) is -3.59. The van der Waals surface area contributed by atoms with Crippen molar-refractivity contribution in [3.8, 4) is 6.07 Å². The summed E-state index contributed by atoms with van der Waals surface area (Å²) >= 11 is 1.52. The summed E-state index contributed by atoms with van der Waals surface area (Å²) in [6.45, 7) is 2.89. The van der Waals surface area contributed by atoms with Crippen molar-refractivity contribution in [1.82, 2.24) is 4.90 Å². The number of amides is 1. The van der Waals surface area contributed by atoms with Crippen LogP contribution in [0.3, 0.4) is 0 Å². The Labute approximate surface area is 199 Å². The zero-order valence-corrected chi connectivity index (χ0v) is 20.3. The number of sulfonamides is 1. The van der Waals surface area contributed by atoms with Crippen molar-refractivity contribution in [2.75, 3.05) is 18.4 Å². The lowest BCUT2D eigenvalue weighted by Crippen LogP contribution is -2.34. The number of nitrogens with zero attached hydrogens (tertiary/aromatic N) is 2. The van der Waals surface area contributed by atoms with Gasteiger partial charge in [0.1, 0.15) is 11.1 Å². The zero-order chi connectivity index (χ0) is 23.4. The molecule has 176 valence electrons. The molecule has 2 aromatic rings. The molecule has 0 unspecified atom stereocenters. The Morgan fingerprint density at radius 1 is 1.18 bits per heavy atom. The number of nitrogens with one attached hydrogen (secondary N) is 1. The third-order valence-electron chi connectivity index (χ3n) is 6.49. The topological polar surface area (TPSA) is 116 Å². The van der Waals surface area contributed by atoms with Gasteiger partial charge in [-0.3, -0.25) is 9.69 Å². The average molecular weight is 487 g/mol. The van der Waals surface area contributed by atoms with Crippen molar-refractivity contribution in [3.05, 3.63) is 51.4 Å². The van der Waals surface area contributed by atoms with Gasteiger partial charge in [0.05, 0.1) is 17.7 Å². The number of carbonyl (C=O) groups is 1. The summed E-state index contributed by atoms with van der Waals surface area (Å²) in [5.41, 5.74) is 3.02. The van der Waals surface area contributed by atoms with Gasteiger partial charge in [0, 0.05) is 30.1 Å². The van der Waals surface area contributed by atoms with E-state index >= 15 is 0 Å². The third-order valence-corrected chi connectivity index (χ3v) is 8.43. The SMILES string of the molecule is N#Cc1c(NC(=O)Cc2ccc(CS(N)(=O)=O)cc2)sc2c1CN(CC1CCCCC1)CC2. The zero-order valence-electron chi connectivity index (χ0n) is 18.7. The highest BCUT2D eigenvalue weighted by molar-refractivity contribution is 7.88. The molecule has 9 heteroatoms. The number of nitrogens with two attached hydrogens (primary N) is 1. The standard InChI is InChI=1S/C24H30N4O3S2/c25-13-20-21-15-28(14-18-4-2-1-3-5-18)11-10-22(21)32-24(20)27-23(29)12-17-6-8-19(9-7-17)16-33(26,30)31/h6-9,18H,1-5,10-12,14-16H2,(H,27,29)(H2,26,30,31). The monoisotopic (exact) mass is 486 g/mol. The van der Waals surface area contributed by atoms with Gasteiger partial charge in [-0.15, -0.1) is 11.3 Å². The molecule has 3 N–H and O–H groups in total. The van der Waals surface area contributed by atoms with E-state index in [0.29, 0.717) is 16.1 Å². The van der Waals surface area contributed by atoms with Crippen LogP contribution in [0.25, 0.3) is 0 Å². The largest absolute Gasteiger partial charge is 0.316 e. The summed E-state index contributed by atoms with van der Waals surface area (Å²) in [6, 6.07) is 9.12. The van der Waals surface area contributed by atoms with Crippen LogP contribution in [0.15, 0.2) is 24.3 Å². The molecule has 7 nitrogen and oxygen atoms in total. The lowest BCUT2D eigenvalue weighted by molar-refractivity contribution is -0.115. The Hall–Kier alpha value is -2.25. The summed E-state index contributed by atoms with van der Waals surface area (Å²) in [5.74, 6) is 0.340. The number of fused-ring (bicyclic) bond motifs is 1. The van der Waals surface area contributed by atoms with E-state index in [-0.39, 0.29) is 18.1 Å². The highest BCUT2D eigenvalue weighted by Crippen LogP contribution is 2.37. The first kappa shape index (κ1) is 23.9. The van der Waals surface area contributed by atoms with E-state index in [0.717, 1.165) is 43.1 Å². The normalized spacial score (nSPS) is 17.3. The maximum absolute atomic E-state index is 12.7. The molecular formula is C24H30N4O3S2. The first-order chi connectivity index (χ1) is 15.8. The van der Waals surface area contributed by atoms with Crippen LogP contribution >= 0.6 is 11.3 Å². The van der Waals surface area contributed by atoms with E-state index in [1.165, 1.54) is 48.3 Å². The summed E-state index contributed by atoms with van der Waals surface area (Å²) in [6.07, 6.45) is 7.70. The molecule has 1 aliphatic carbocycles. The number of benzene rings is 1. The number of thiophene rings is 1. The number of hydrogen-bond acceptors (Lipinski definition) is 6. The lowest BCUT2D eigenvalue weighted by Gasteiger charge is -2.32. The first-order valence-electron chi connectivity index (χ1n) is 11.5. The molecule has 1 saturated carbocycles. The Morgan fingerprint density at radius 3 is 2.55 bits per heavy atom. The molecule has 2 aliphatic rings. The Balaban J connectivity index is 1.39. The van der Waals surface area contributed by atoms with Crippen molar-refractivity contribution in [1.29, 1.82) is 5.26 Å². The second kappa shape index (κ2) is 10.3. The smallest absolute Gasteiger partial charge is 0.229 e. The van der Waals surface area contributed by atoms with Crippen LogP contribution in [0.1, 0.15) is 59.2 Å². The summed E-state index contributed by atoms with van der Waals surface area (Å²) in [4.78, 5) is 16.3. The van der Waals surface area contributed by atoms with Crippen LogP contribution in [0, 0.1) is 17.2 Å². The van der Waals surface area contributed by atoms with Crippen molar-refractivity contribution >= 4 is 32.3 Å². The molecule has 0 radical (unpaired) electrons. The van der Waals surface area contributed by atoms with Gasteiger partial charge in [-0.25, -0.2) is 13.6 Å². The van der Waals surface area contributed by atoms with Crippen LogP contribution < -0.4 is 10.5 Å². The molecule has 1 amide bonds. The number of hydrogen-bond donors (Lipinski definition) is 2. The Morgan fingerprint density at radius 2 is 1.88 bits per heavy atom. The Kier molecular flexibility index (Phi) is 7.49. The fraction of sp³-hybridized carbons (Fsp3) is 0.500. The quantitative estimate of drug-likeness (QED) is 0.621. The van der Waals surface area contributed by atoms with E-state index < -0.39 is 10.0 Å². The van der Waals surface area contributed by atoms with Gasteiger partial charge < -0.3 is 5.32 Å². The molecule has 4 rings (SSSR count). The molecule has 0 saturated heterocycles. The number of rotatable bonds is 7. The maximum atomic E-state index is 12.7. The minimum absolute atomic E-state index is 0.150. The molecule has 33 heavy (non-hydrogen) atoms. The van der Waals surface area contributed by atoms with E-state index in [4.69, 9.17) is 5.14 Å². The van der Waals surface area contributed by atoms with E-state index in [1.807, 2.05) is 0 Å². The predicted octanol–water partition coefficient (Wildman–Crippen LogP) is 3.53. The van der Waals surface area contributed by atoms with Gasteiger partial charge in [-0.05, 0) is 36.3 Å². The van der Waals surface area contributed by atoms with E-state index in [1.54, 1.807) is 24.3 Å². The fourth-order valence-corrected chi connectivity index (χ4v) is 6.70. The minimum atomic E-state index is -3.59. The van der Waals surface area contributed by atoms with E-state index in [9.17, 15) is 18.5 Å². The number of anilines is 1. The molecular weight excluding hydrogens is 456 g/mol. The molecule has 1 aromatic heterocycles. The molecule has 1 fully saturated rings. The van der Waals surface area contributed by atoms with Gasteiger partial charge in [-0.1, -0.05) is 43.5 Å². The second-order valence-corrected chi connectivity index (χ2v) is 11.9. The molecule has 0 atom stereocenters. The fourth-order valence-electron chi connectivity index (χ4n) is 4.88. The molecule has 2 heterocycles. The van der Waals surface area contributed by atoms with Crippen molar-refractivity contribution in [2.45, 2.75) is 57.2 Å². The average Bonchev–Trinajstić information content (AvgIpc) is 3.11. The van der Waals surface area contributed by atoms with Gasteiger partial charge in [0.15, 0.2) is 0 Å². The van der Waals surface area contributed by atoms with Crippen molar-refractivity contribution in [2.24, 2.45) is 11.1 Å².